The number of nitrogens with zero attached hydrogens (tertiary/aromatic N) is 2. The molecular formula is C23H29N5. The zero-order chi connectivity index (χ0) is 19.9. The lowest BCUT2D eigenvalue weighted by Gasteiger charge is -2.37. The van der Waals surface area contributed by atoms with Crippen molar-refractivity contribution in [2.45, 2.75) is 6.92 Å². The van der Waals surface area contributed by atoms with Crippen molar-refractivity contribution in [1.82, 2.24) is 0 Å². The fourth-order valence-corrected chi connectivity index (χ4v) is 3.16. The van der Waals surface area contributed by atoms with Gasteiger partial charge in [-0.15, -0.1) is 0 Å². The van der Waals surface area contributed by atoms with Gasteiger partial charge in [0.15, 0.2) is 0 Å². The van der Waals surface area contributed by atoms with E-state index in [1.54, 1.807) is 24.3 Å². The second-order valence-electron chi connectivity index (χ2n) is 7.07. The van der Waals surface area contributed by atoms with Crippen LogP contribution in [0.3, 0.4) is 0 Å². The lowest BCUT2D eigenvalue weighted by molar-refractivity contribution is 0.653. The van der Waals surface area contributed by atoms with E-state index in [0.717, 1.165) is 43.2 Å². The number of benzene rings is 3. The number of hydrogen-bond acceptors (Lipinski definition) is 5. The van der Waals surface area contributed by atoms with Crippen LogP contribution in [0.4, 0.5) is 28.4 Å². The molecule has 6 N–H and O–H groups in total. The van der Waals surface area contributed by atoms with Crippen molar-refractivity contribution in [2.75, 3.05) is 53.2 Å². The molecule has 5 nitrogen and oxygen atoms in total. The highest BCUT2D eigenvalue weighted by atomic mass is 15.3. The van der Waals surface area contributed by atoms with Crippen molar-refractivity contribution in [1.29, 1.82) is 0 Å². The Morgan fingerprint density at radius 1 is 0.500 bits per heavy atom. The van der Waals surface area contributed by atoms with Gasteiger partial charge < -0.3 is 27.0 Å². The summed E-state index contributed by atoms with van der Waals surface area (Å²) in [6.45, 7) is 6.36. The Labute approximate surface area is 167 Å². The van der Waals surface area contributed by atoms with E-state index in [1.807, 2.05) is 12.1 Å². The molecule has 1 aliphatic rings. The predicted molar refractivity (Wildman–Crippen MR) is 122 cm³/mol. The molecule has 28 heavy (non-hydrogen) atoms. The maximum Gasteiger partial charge on any atom is 0.0368 e. The van der Waals surface area contributed by atoms with Gasteiger partial charge in [-0.25, -0.2) is 0 Å². The molecule has 0 aromatic heterocycles. The third-order valence-electron chi connectivity index (χ3n) is 4.87. The summed E-state index contributed by atoms with van der Waals surface area (Å²) in [5.74, 6) is 0. The van der Waals surface area contributed by atoms with Crippen molar-refractivity contribution in [3.63, 3.8) is 0 Å². The normalized spacial score (nSPS) is 13.6. The summed E-state index contributed by atoms with van der Waals surface area (Å²) in [4.78, 5) is 4.87. The van der Waals surface area contributed by atoms with Gasteiger partial charge in [-0.3, -0.25) is 0 Å². The lowest BCUT2D eigenvalue weighted by atomic mass is 10.2. The van der Waals surface area contributed by atoms with Crippen LogP contribution in [0, 0.1) is 6.92 Å². The van der Waals surface area contributed by atoms with Crippen molar-refractivity contribution in [2.24, 2.45) is 0 Å². The van der Waals surface area contributed by atoms with Crippen LogP contribution >= 0.6 is 0 Å². The fraction of sp³-hybridized carbons (Fsp3) is 0.217. The summed E-state index contributed by atoms with van der Waals surface area (Å²) in [6.07, 6.45) is 0. The minimum atomic E-state index is 0.749. The van der Waals surface area contributed by atoms with Gasteiger partial charge in [0, 0.05) is 54.6 Å². The molecule has 0 bridgehead atoms. The highest BCUT2D eigenvalue weighted by molar-refractivity contribution is 5.55. The monoisotopic (exact) mass is 375 g/mol. The van der Waals surface area contributed by atoms with Gasteiger partial charge in [0.1, 0.15) is 0 Å². The summed E-state index contributed by atoms with van der Waals surface area (Å²) in [7, 11) is 0. The van der Waals surface area contributed by atoms with Crippen molar-refractivity contribution < 1.29 is 0 Å². The summed E-state index contributed by atoms with van der Waals surface area (Å²) >= 11 is 0. The van der Waals surface area contributed by atoms with Crippen LogP contribution in [-0.4, -0.2) is 26.2 Å². The Morgan fingerprint density at radius 2 is 0.786 bits per heavy atom. The van der Waals surface area contributed by atoms with Gasteiger partial charge in [-0.1, -0.05) is 17.7 Å². The Morgan fingerprint density at radius 3 is 1.14 bits per heavy atom. The van der Waals surface area contributed by atoms with Crippen LogP contribution in [0.1, 0.15) is 5.56 Å². The minimum absolute atomic E-state index is 0.749. The molecule has 0 atom stereocenters. The first-order valence-corrected chi connectivity index (χ1v) is 9.54. The van der Waals surface area contributed by atoms with Gasteiger partial charge in [0.05, 0.1) is 0 Å². The first-order valence-electron chi connectivity index (χ1n) is 9.54. The maximum absolute atomic E-state index is 5.74. The van der Waals surface area contributed by atoms with Crippen LogP contribution in [0.2, 0.25) is 0 Å². The molecule has 0 saturated carbocycles. The van der Waals surface area contributed by atoms with E-state index >= 15 is 0 Å². The molecule has 0 amide bonds. The van der Waals surface area contributed by atoms with E-state index in [2.05, 4.69) is 53.1 Å². The fourth-order valence-electron chi connectivity index (χ4n) is 3.16. The molecule has 3 aromatic carbocycles. The van der Waals surface area contributed by atoms with Crippen LogP contribution in [-0.2, 0) is 0 Å². The van der Waals surface area contributed by atoms with Gasteiger partial charge in [-0.2, -0.15) is 0 Å². The Hall–Kier alpha value is -3.34. The third kappa shape index (κ3) is 5.33. The van der Waals surface area contributed by atoms with Crippen LogP contribution in [0.5, 0.6) is 0 Å². The molecule has 1 saturated heterocycles. The van der Waals surface area contributed by atoms with Crippen LogP contribution in [0.25, 0.3) is 0 Å². The Balaban J connectivity index is 0.000000236. The smallest absolute Gasteiger partial charge is 0.0368 e. The molecule has 1 heterocycles. The molecule has 146 valence electrons. The Kier molecular flexibility index (Phi) is 6.27. The second kappa shape index (κ2) is 9.04. The summed E-state index contributed by atoms with van der Waals surface area (Å²) in [5.41, 5.74) is 22.7. The predicted octanol–water partition coefficient (Wildman–Crippen LogP) is 3.75. The number of hydrogen-bond donors (Lipinski definition) is 3. The van der Waals surface area contributed by atoms with Gasteiger partial charge in [0.25, 0.3) is 0 Å². The zero-order valence-corrected chi connectivity index (χ0v) is 16.4. The molecule has 0 unspecified atom stereocenters. The van der Waals surface area contributed by atoms with E-state index in [0.29, 0.717) is 0 Å². The number of nitrogens with two attached hydrogens (primary N) is 3. The summed E-state index contributed by atoms with van der Waals surface area (Å²) in [6, 6.07) is 24.1. The second-order valence-corrected chi connectivity index (χ2v) is 7.07. The molecule has 1 fully saturated rings. The van der Waals surface area contributed by atoms with Gasteiger partial charge >= 0.3 is 0 Å². The highest BCUT2D eigenvalue weighted by Gasteiger charge is 2.17. The van der Waals surface area contributed by atoms with Gasteiger partial charge in [-0.05, 0) is 67.6 Å². The highest BCUT2D eigenvalue weighted by Crippen LogP contribution is 2.21. The first-order chi connectivity index (χ1) is 13.5. The topological polar surface area (TPSA) is 84.5 Å². The largest absolute Gasteiger partial charge is 0.399 e. The van der Waals surface area contributed by atoms with E-state index < -0.39 is 0 Å². The number of nitrogen functional groups attached to an aromatic ring is 3. The van der Waals surface area contributed by atoms with Gasteiger partial charge in [0.2, 0.25) is 0 Å². The standard InChI is InChI=1S/C17H21N3.C6H8N2/c1-14-2-6-16(7-3-14)19-10-12-20(13-11-19)17-8-4-15(18)5-9-17;7-5-1-2-6(8)4-3-5/h2-9H,10-13,18H2,1H3;1-4H,7-8H2. The first kappa shape index (κ1) is 19.4. The molecule has 3 aromatic rings. The number of piperazine rings is 1. The minimum Gasteiger partial charge on any atom is -0.399 e. The van der Waals surface area contributed by atoms with E-state index in [-0.39, 0.29) is 0 Å². The number of rotatable bonds is 2. The molecule has 1 aliphatic heterocycles. The van der Waals surface area contributed by atoms with E-state index in [9.17, 15) is 0 Å². The van der Waals surface area contributed by atoms with Crippen LogP contribution < -0.4 is 27.0 Å². The van der Waals surface area contributed by atoms with E-state index in [1.165, 1.54) is 16.9 Å². The average Bonchev–Trinajstić information content (AvgIpc) is 2.72. The molecule has 5 heteroatoms. The van der Waals surface area contributed by atoms with Crippen molar-refractivity contribution in [3.8, 4) is 0 Å². The van der Waals surface area contributed by atoms with E-state index in [4.69, 9.17) is 17.2 Å². The lowest BCUT2D eigenvalue weighted by Crippen LogP contribution is -2.46. The average molecular weight is 376 g/mol. The summed E-state index contributed by atoms with van der Waals surface area (Å²) in [5, 5.41) is 0. The molecule has 0 radical (unpaired) electrons. The SMILES string of the molecule is Cc1ccc(N2CCN(c3ccc(N)cc3)CC2)cc1.Nc1ccc(N)cc1. The maximum atomic E-state index is 5.74. The molecule has 4 rings (SSSR count). The number of anilines is 5. The Bertz CT molecular complexity index is 775. The van der Waals surface area contributed by atoms with Crippen molar-refractivity contribution in [3.05, 3.63) is 78.4 Å². The van der Waals surface area contributed by atoms with Crippen molar-refractivity contribution >= 4 is 28.4 Å². The third-order valence-corrected chi connectivity index (χ3v) is 4.87. The van der Waals surface area contributed by atoms with Crippen LogP contribution in [0.15, 0.2) is 72.8 Å². The number of aryl methyl sites for hydroxylation is 1. The molecular weight excluding hydrogens is 346 g/mol. The summed E-state index contributed by atoms with van der Waals surface area (Å²) < 4.78 is 0. The molecule has 0 aliphatic carbocycles. The zero-order valence-electron chi connectivity index (χ0n) is 16.4. The quantitative estimate of drug-likeness (QED) is 0.594. The molecule has 0 spiro atoms.